The number of aldehydes is 1. The molecule has 0 aromatic rings. The Balaban J connectivity index is 1.72. The summed E-state index contributed by atoms with van der Waals surface area (Å²) in [5.74, 6) is 1.30. The van der Waals surface area contributed by atoms with Crippen molar-refractivity contribution in [3.63, 3.8) is 0 Å². The Labute approximate surface area is 95.9 Å². The molecular formula is C12H19NO3. The smallest absolute Gasteiger partial charge is 0.410 e. The van der Waals surface area contributed by atoms with Crippen LogP contribution in [0.4, 0.5) is 4.79 Å². The quantitative estimate of drug-likeness (QED) is 0.672. The molecule has 4 nitrogen and oxygen atoms in total. The van der Waals surface area contributed by atoms with Gasteiger partial charge in [0.05, 0.1) is 0 Å². The third-order valence-corrected chi connectivity index (χ3v) is 3.23. The maximum atomic E-state index is 11.6. The van der Waals surface area contributed by atoms with Crippen LogP contribution in [0.15, 0.2) is 0 Å². The number of amides is 1. The van der Waals surface area contributed by atoms with Crippen LogP contribution in [0, 0.1) is 17.8 Å². The predicted molar refractivity (Wildman–Crippen MR) is 59.0 cm³/mol. The van der Waals surface area contributed by atoms with E-state index in [4.69, 9.17) is 4.74 Å². The molecule has 90 valence electrons. The average Bonchev–Trinajstić information content (AvgIpc) is 2.77. The molecule has 1 aliphatic carbocycles. The van der Waals surface area contributed by atoms with Crippen LogP contribution in [-0.4, -0.2) is 36.0 Å². The molecule has 1 saturated heterocycles. The second kappa shape index (κ2) is 3.75. The predicted octanol–water partition coefficient (Wildman–Crippen LogP) is 1.69. The highest BCUT2D eigenvalue weighted by Gasteiger charge is 2.48. The molecule has 1 amide bonds. The lowest BCUT2D eigenvalue weighted by Gasteiger charge is -2.40. The van der Waals surface area contributed by atoms with Gasteiger partial charge in [-0.3, -0.25) is 0 Å². The summed E-state index contributed by atoms with van der Waals surface area (Å²) in [6.45, 7) is 7.11. The summed E-state index contributed by atoms with van der Waals surface area (Å²) < 4.78 is 5.26. The summed E-state index contributed by atoms with van der Waals surface area (Å²) in [6, 6.07) is 0. The summed E-state index contributed by atoms with van der Waals surface area (Å²) in [6.07, 6.45) is 1.82. The molecule has 16 heavy (non-hydrogen) atoms. The Morgan fingerprint density at radius 3 is 2.44 bits per heavy atom. The van der Waals surface area contributed by atoms with E-state index < -0.39 is 5.60 Å². The van der Waals surface area contributed by atoms with E-state index >= 15 is 0 Å². The van der Waals surface area contributed by atoms with Crippen molar-refractivity contribution in [2.45, 2.75) is 32.8 Å². The number of carbonyl (C=O) groups is 2. The number of ether oxygens (including phenoxy) is 1. The molecule has 1 heterocycles. The molecule has 2 rings (SSSR count). The molecule has 0 spiro atoms. The largest absolute Gasteiger partial charge is 0.444 e. The van der Waals surface area contributed by atoms with Gasteiger partial charge < -0.3 is 14.4 Å². The van der Waals surface area contributed by atoms with Gasteiger partial charge in [0, 0.05) is 19.0 Å². The lowest BCUT2D eigenvalue weighted by Crippen LogP contribution is -2.52. The molecular weight excluding hydrogens is 206 g/mol. The van der Waals surface area contributed by atoms with E-state index in [1.165, 1.54) is 0 Å². The number of carbonyl (C=O) groups excluding carboxylic acids is 2. The molecule has 0 unspecified atom stereocenters. The summed E-state index contributed by atoms with van der Waals surface area (Å²) in [7, 11) is 0. The minimum absolute atomic E-state index is 0.230. The third-order valence-electron chi connectivity index (χ3n) is 3.23. The molecule has 0 radical (unpaired) electrons. The first-order valence-corrected chi connectivity index (χ1v) is 5.84. The number of likely N-dealkylation sites (tertiary alicyclic amines) is 1. The van der Waals surface area contributed by atoms with E-state index in [1.54, 1.807) is 4.90 Å². The first-order valence-electron chi connectivity index (χ1n) is 5.84. The second-order valence-corrected chi connectivity index (χ2v) is 5.84. The summed E-state index contributed by atoms with van der Waals surface area (Å²) >= 11 is 0. The Morgan fingerprint density at radius 1 is 1.38 bits per heavy atom. The van der Waals surface area contributed by atoms with Crippen LogP contribution in [0.1, 0.15) is 27.2 Å². The Morgan fingerprint density at radius 2 is 2.00 bits per heavy atom. The maximum absolute atomic E-state index is 11.6. The van der Waals surface area contributed by atoms with Crippen molar-refractivity contribution >= 4 is 12.4 Å². The van der Waals surface area contributed by atoms with Crippen LogP contribution in [0.2, 0.25) is 0 Å². The first kappa shape index (κ1) is 11.4. The van der Waals surface area contributed by atoms with Crippen molar-refractivity contribution in [3.8, 4) is 0 Å². The molecule has 0 bridgehead atoms. The number of hydrogen-bond acceptors (Lipinski definition) is 3. The Hall–Kier alpha value is -1.06. The van der Waals surface area contributed by atoms with Crippen molar-refractivity contribution < 1.29 is 14.3 Å². The highest BCUT2D eigenvalue weighted by molar-refractivity contribution is 5.69. The zero-order valence-electron chi connectivity index (χ0n) is 10.1. The van der Waals surface area contributed by atoms with Crippen LogP contribution < -0.4 is 0 Å². The van der Waals surface area contributed by atoms with Crippen LogP contribution in [-0.2, 0) is 9.53 Å². The number of rotatable bonds is 2. The van der Waals surface area contributed by atoms with E-state index in [-0.39, 0.29) is 12.0 Å². The van der Waals surface area contributed by atoms with Gasteiger partial charge in [0.25, 0.3) is 0 Å². The number of nitrogens with zero attached hydrogens (tertiary/aromatic N) is 1. The summed E-state index contributed by atoms with van der Waals surface area (Å²) in [5.41, 5.74) is -0.424. The van der Waals surface area contributed by atoms with Crippen LogP contribution >= 0.6 is 0 Å². The van der Waals surface area contributed by atoms with E-state index in [9.17, 15) is 9.59 Å². The SMILES string of the molecule is CC(C)(C)OC(=O)N1CC([C@H]2C[C@@H]2C=O)C1. The fourth-order valence-corrected chi connectivity index (χ4v) is 2.19. The monoisotopic (exact) mass is 225 g/mol. The highest BCUT2D eigenvalue weighted by atomic mass is 16.6. The fourth-order valence-electron chi connectivity index (χ4n) is 2.19. The minimum Gasteiger partial charge on any atom is -0.444 e. The van der Waals surface area contributed by atoms with Gasteiger partial charge in [-0.1, -0.05) is 0 Å². The van der Waals surface area contributed by atoms with Gasteiger partial charge in [-0.2, -0.15) is 0 Å². The van der Waals surface area contributed by atoms with E-state index in [1.807, 2.05) is 20.8 Å². The van der Waals surface area contributed by atoms with Gasteiger partial charge in [0.1, 0.15) is 11.9 Å². The zero-order valence-corrected chi connectivity index (χ0v) is 10.1. The molecule has 2 fully saturated rings. The molecule has 1 saturated carbocycles. The van der Waals surface area contributed by atoms with Crippen LogP contribution in [0.3, 0.4) is 0 Å². The normalized spacial score (nSPS) is 29.6. The molecule has 0 aromatic heterocycles. The molecule has 0 N–H and O–H groups in total. The van der Waals surface area contributed by atoms with Crippen molar-refractivity contribution in [3.05, 3.63) is 0 Å². The molecule has 1 aliphatic heterocycles. The Kier molecular flexibility index (Phi) is 2.68. The van der Waals surface area contributed by atoms with Crippen molar-refractivity contribution in [2.75, 3.05) is 13.1 Å². The molecule has 2 aliphatic rings. The molecule has 0 aromatic carbocycles. The standard InChI is InChI=1S/C12H19NO3/c1-12(2,3)16-11(15)13-5-9(6-13)10-4-8(10)7-14/h7-10H,4-6H2,1-3H3/t8-,10+/m1/s1. The molecule has 2 atom stereocenters. The summed E-state index contributed by atoms with van der Waals surface area (Å²) in [4.78, 5) is 23.9. The number of hydrogen-bond donors (Lipinski definition) is 0. The van der Waals surface area contributed by atoms with Crippen LogP contribution in [0.25, 0.3) is 0 Å². The van der Waals surface area contributed by atoms with Gasteiger partial charge in [0.15, 0.2) is 0 Å². The third kappa shape index (κ3) is 2.36. The zero-order chi connectivity index (χ0) is 11.9. The van der Waals surface area contributed by atoms with E-state index in [2.05, 4.69) is 0 Å². The lowest BCUT2D eigenvalue weighted by atomic mass is 9.94. The topological polar surface area (TPSA) is 46.6 Å². The van der Waals surface area contributed by atoms with Gasteiger partial charge in [-0.15, -0.1) is 0 Å². The summed E-state index contributed by atoms with van der Waals surface area (Å²) in [5, 5.41) is 0. The van der Waals surface area contributed by atoms with E-state index in [0.29, 0.717) is 11.8 Å². The maximum Gasteiger partial charge on any atom is 0.410 e. The Bertz CT molecular complexity index is 302. The van der Waals surface area contributed by atoms with Gasteiger partial charge in [-0.05, 0) is 39.0 Å². The van der Waals surface area contributed by atoms with Crippen molar-refractivity contribution in [1.29, 1.82) is 0 Å². The van der Waals surface area contributed by atoms with Gasteiger partial charge in [-0.25, -0.2) is 4.79 Å². The lowest BCUT2D eigenvalue weighted by molar-refractivity contribution is -0.109. The van der Waals surface area contributed by atoms with Gasteiger partial charge in [0.2, 0.25) is 0 Å². The molecule has 4 heteroatoms. The second-order valence-electron chi connectivity index (χ2n) is 5.84. The van der Waals surface area contributed by atoms with E-state index in [0.717, 1.165) is 25.8 Å². The minimum atomic E-state index is -0.424. The highest BCUT2D eigenvalue weighted by Crippen LogP contribution is 2.46. The van der Waals surface area contributed by atoms with Crippen molar-refractivity contribution in [1.82, 2.24) is 4.90 Å². The average molecular weight is 225 g/mol. The fraction of sp³-hybridized carbons (Fsp3) is 0.833. The first-order chi connectivity index (χ1) is 7.40. The van der Waals surface area contributed by atoms with Crippen molar-refractivity contribution in [2.24, 2.45) is 17.8 Å². The van der Waals surface area contributed by atoms with Crippen LogP contribution in [0.5, 0.6) is 0 Å². The van der Waals surface area contributed by atoms with Gasteiger partial charge >= 0.3 is 6.09 Å².